The highest BCUT2D eigenvalue weighted by molar-refractivity contribution is 7.91. The van der Waals surface area contributed by atoms with E-state index in [2.05, 4.69) is 44.5 Å². The highest BCUT2D eigenvalue weighted by Gasteiger charge is 2.28. The Balaban J connectivity index is 1.58. The Hall–Kier alpha value is -1.93. The first-order valence-corrected chi connectivity index (χ1v) is 11.7. The maximum Gasteiger partial charge on any atom is 0.250 e. The summed E-state index contributed by atoms with van der Waals surface area (Å²) in [7, 11) is -1.49. The number of sulfonamides is 1. The molecule has 0 fully saturated rings. The third-order valence-corrected chi connectivity index (χ3v) is 8.29. The average molecular weight is 416 g/mol. The SMILES string of the molecule is Cc1ccc(S(=O)(=O)NCC(c2cccn2C)N2CCc3ccccc3C2)s1. The van der Waals surface area contributed by atoms with Gasteiger partial charge in [0, 0.05) is 43.4 Å². The van der Waals surface area contributed by atoms with Crippen molar-refractivity contribution in [2.45, 2.75) is 30.1 Å². The number of fused-ring (bicyclic) bond motifs is 1. The first-order valence-electron chi connectivity index (χ1n) is 9.42. The summed E-state index contributed by atoms with van der Waals surface area (Å²) in [6, 6.07) is 16.1. The molecule has 1 N–H and O–H groups in total. The van der Waals surface area contributed by atoms with Crippen molar-refractivity contribution >= 4 is 21.4 Å². The zero-order valence-electron chi connectivity index (χ0n) is 16.1. The summed E-state index contributed by atoms with van der Waals surface area (Å²) >= 11 is 1.30. The Morgan fingerprint density at radius 3 is 2.57 bits per heavy atom. The molecule has 28 heavy (non-hydrogen) atoms. The van der Waals surface area contributed by atoms with Gasteiger partial charge in [-0.3, -0.25) is 4.90 Å². The van der Waals surface area contributed by atoms with Crippen LogP contribution >= 0.6 is 11.3 Å². The largest absolute Gasteiger partial charge is 0.353 e. The number of rotatable bonds is 6. The number of benzene rings is 1. The molecule has 0 radical (unpaired) electrons. The molecular weight excluding hydrogens is 390 g/mol. The molecule has 0 aliphatic carbocycles. The fourth-order valence-electron chi connectivity index (χ4n) is 3.84. The highest BCUT2D eigenvalue weighted by atomic mass is 32.2. The van der Waals surface area contributed by atoms with Crippen molar-refractivity contribution in [2.24, 2.45) is 7.05 Å². The van der Waals surface area contributed by atoms with Crippen LogP contribution in [0.1, 0.15) is 27.7 Å². The van der Waals surface area contributed by atoms with E-state index < -0.39 is 10.0 Å². The van der Waals surface area contributed by atoms with Crippen LogP contribution in [0.25, 0.3) is 0 Å². The number of nitrogens with one attached hydrogen (secondary N) is 1. The fourth-order valence-corrected chi connectivity index (χ4v) is 6.21. The van der Waals surface area contributed by atoms with E-state index in [1.54, 1.807) is 6.07 Å². The van der Waals surface area contributed by atoms with Gasteiger partial charge in [-0.1, -0.05) is 24.3 Å². The summed E-state index contributed by atoms with van der Waals surface area (Å²) in [5.74, 6) is 0. The molecule has 0 saturated heterocycles. The van der Waals surface area contributed by atoms with Gasteiger partial charge in [0.1, 0.15) is 4.21 Å². The summed E-state index contributed by atoms with van der Waals surface area (Å²) in [5.41, 5.74) is 3.83. The third-order valence-electron chi connectivity index (χ3n) is 5.37. The Morgan fingerprint density at radius 2 is 1.89 bits per heavy atom. The number of hydrogen-bond acceptors (Lipinski definition) is 4. The van der Waals surface area contributed by atoms with Crippen molar-refractivity contribution in [3.63, 3.8) is 0 Å². The molecule has 1 aliphatic rings. The van der Waals surface area contributed by atoms with Crippen LogP contribution in [0.5, 0.6) is 0 Å². The predicted octanol–water partition coefficient (Wildman–Crippen LogP) is 3.47. The van der Waals surface area contributed by atoms with Crippen molar-refractivity contribution in [1.82, 2.24) is 14.2 Å². The Kier molecular flexibility index (Phi) is 5.42. The van der Waals surface area contributed by atoms with Crippen LogP contribution < -0.4 is 4.72 Å². The summed E-state index contributed by atoms with van der Waals surface area (Å²) in [4.78, 5) is 3.37. The van der Waals surface area contributed by atoms with E-state index in [1.165, 1.54) is 22.5 Å². The lowest BCUT2D eigenvalue weighted by atomic mass is 9.98. The van der Waals surface area contributed by atoms with E-state index in [9.17, 15) is 8.42 Å². The summed E-state index contributed by atoms with van der Waals surface area (Å²) in [6.45, 7) is 4.00. The predicted molar refractivity (Wildman–Crippen MR) is 113 cm³/mol. The van der Waals surface area contributed by atoms with Gasteiger partial charge in [-0.15, -0.1) is 11.3 Å². The molecular formula is C21H25N3O2S2. The van der Waals surface area contributed by atoms with E-state index in [-0.39, 0.29) is 6.04 Å². The zero-order valence-corrected chi connectivity index (χ0v) is 17.8. The topological polar surface area (TPSA) is 54.3 Å². The number of hydrogen-bond donors (Lipinski definition) is 1. The monoisotopic (exact) mass is 415 g/mol. The van der Waals surface area contributed by atoms with Gasteiger partial charge in [0.05, 0.1) is 6.04 Å². The van der Waals surface area contributed by atoms with Gasteiger partial charge in [-0.25, -0.2) is 13.1 Å². The third kappa shape index (κ3) is 3.93. The van der Waals surface area contributed by atoms with Crippen LogP contribution in [0.2, 0.25) is 0 Å². The molecule has 0 bridgehead atoms. The normalized spacial score (nSPS) is 16.1. The first kappa shape index (κ1) is 19.4. The van der Waals surface area contributed by atoms with E-state index in [0.717, 1.165) is 30.1 Å². The van der Waals surface area contributed by atoms with E-state index >= 15 is 0 Å². The van der Waals surface area contributed by atoms with Gasteiger partial charge >= 0.3 is 0 Å². The maximum atomic E-state index is 12.8. The summed E-state index contributed by atoms with van der Waals surface area (Å²) in [6.07, 6.45) is 2.99. The zero-order chi connectivity index (χ0) is 19.7. The minimum Gasteiger partial charge on any atom is -0.353 e. The molecule has 0 saturated carbocycles. The molecule has 0 amide bonds. The van der Waals surface area contributed by atoms with Crippen molar-refractivity contribution in [1.29, 1.82) is 0 Å². The van der Waals surface area contributed by atoms with Crippen LogP contribution in [-0.4, -0.2) is 31.0 Å². The summed E-state index contributed by atoms with van der Waals surface area (Å²) < 4.78 is 30.8. The van der Waals surface area contributed by atoms with Gasteiger partial charge in [0.2, 0.25) is 10.0 Å². The van der Waals surface area contributed by atoms with Gasteiger partial charge in [0.25, 0.3) is 0 Å². The lowest BCUT2D eigenvalue weighted by Crippen LogP contribution is -2.41. The van der Waals surface area contributed by atoms with Crippen molar-refractivity contribution in [3.05, 3.63) is 76.4 Å². The second-order valence-corrected chi connectivity index (χ2v) is 10.5. The van der Waals surface area contributed by atoms with E-state index in [4.69, 9.17) is 0 Å². The first-order chi connectivity index (χ1) is 13.4. The van der Waals surface area contributed by atoms with Crippen LogP contribution in [-0.2, 0) is 30.0 Å². The minimum absolute atomic E-state index is 0.0239. The molecule has 1 aliphatic heterocycles. The molecule has 3 heterocycles. The Morgan fingerprint density at radius 1 is 1.11 bits per heavy atom. The lowest BCUT2D eigenvalue weighted by Gasteiger charge is -2.36. The number of aromatic nitrogens is 1. The maximum absolute atomic E-state index is 12.8. The quantitative estimate of drug-likeness (QED) is 0.671. The molecule has 4 rings (SSSR count). The Bertz CT molecular complexity index is 1070. The smallest absolute Gasteiger partial charge is 0.250 e. The average Bonchev–Trinajstić information content (AvgIpc) is 3.31. The standard InChI is InChI=1S/C21H25N3O2S2/c1-16-9-10-21(27-16)28(25,26)22-14-20(19-8-5-12-23(19)2)24-13-11-17-6-3-4-7-18(17)15-24/h3-10,12,20,22H,11,13-15H2,1-2H3. The van der Waals surface area contributed by atoms with Crippen LogP contribution in [0.3, 0.4) is 0 Å². The van der Waals surface area contributed by atoms with Crippen LogP contribution in [0.15, 0.2) is 58.9 Å². The van der Waals surface area contributed by atoms with E-state index in [0.29, 0.717) is 10.8 Å². The molecule has 148 valence electrons. The molecule has 2 aromatic heterocycles. The number of nitrogens with zero attached hydrogens (tertiary/aromatic N) is 2. The second-order valence-electron chi connectivity index (χ2n) is 7.27. The second kappa shape index (κ2) is 7.83. The molecule has 7 heteroatoms. The molecule has 1 atom stereocenters. The van der Waals surface area contributed by atoms with Crippen molar-refractivity contribution < 1.29 is 8.42 Å². The fraction of sp³-hybridized carbons (Fsp3) is 0.333. The molecule has 3 aromatic rings. The van der Waals surface area contributed by atoms with E-state index in [1.807, 2.05) is 32.3 Å². The Labute approximate surface area is 170 Å². The van der Waals surface area contributed by atoms with Crippen LogP contribution in [0.4, 0.5) is 0 Å². The van der Waals surface area contributed by atoms with Gasteiger partial charge in [0.15, 0.2) is 0 Å². The van der Waals surface area contributed by atoms with Gasteiger partial charge in [-0.2, -0.15) is 0 Å². The number of thiophene rings is 1. The van der Waals surface area contributed by atoms with Crippen molar-refractivity contribution in [3.8, 4) is 0 Å². The van der Waals surface area contributed by atoms with Crippen LogP contribution in [0, 0.1) is 6.92 Å². The highest BCUT2D eigenvalue weighted by Crippen LogP contribution is 2.28. The molecule has 1 aromatic carbocycles. The molecule has 1 unspecified atom stereocenters. The molecule has 0 spiro atoms. The van der Waals surface area contributed by atoms with Gasteiger partial charge in [-0.05, 0) is 48.7 Å². The number of aryl methyl sites for hydroxylation is 2. The van der Waals surface area contributed by atoms with Gasteiger partial charge < -0.3 is 4.57 Å². The lowest BCUT2D eigenvalue weighted by molar-refractivity contribution is 0.174. The van der Waals surface area contributed by atoms with Crippen molar-refractivity contribution in [2.75, 3.05) is 13.1 Å². The molecule has 5 nitrogen and oxygen atoms in total. The summed E-state index contributed by atoms with van der Waals surface area (Å²) in [5, 5.41) is 0. The minimum atomic E-state index is -3.51.